The van der Waals surface area contributed by atoms with Gasteiger partial charge in [0, 0.05) is 16.1 Å². The van der Waals surface area contributed by atoms with E-state index in [0.29, 0.717) is 30.3 Å². The first kappa shape index (κ1) is 17.2. The van der Waals surface area contributed by atoms with E-state index in [1.54, 1.807) is 36.4 Å². The van der Waals surface area contributed by atoms with Crippen LogP contribution < -0.4 is 9.47 Å². The first-order valence-electron chi connectivity index (χ1n) is 7.65. The van der Waals surface area contributed by atoms with Crippen molar-refractivity contribution in [1.29, 1.82) is 0 Å². The fraction of sp³-hybridized carbons (Fsp3) is 0.158. The van der Waals surface area contributed by atoms with E-state index < -0.39 is 5.97 Å². The highest BCUT2D eigenvalue weighted by atomic mass is 79.9. The Morgan fingerprint density at radius 3 is 2.68 bits per heavy atom. The Morgan fingerprint density at radius 2 is 1.88 bits per heavy atom. The van der Waals surface area contributed by atoms with Crippen molar-refractivity contribution in [2.75, 3.05) is 19.8 Å². The molecule has 0 unspecified atom stereocenters. The molecule has 0 radical (unpaired) electrons. The predicted molar refractivity (Wildman–Crippen MR) is 95.9 cm³/mol. The van der Waals surface area contributed by atoms with E-state index in [2.05, 4.69) is 15.9 Å². The van der Waals surface area contributed by atoms with Crippen molar-refractivity contribution in [2.45, 2.75) is 0 Å². The molecule has 3 rings (SSSR count). The molecule has 1 aliphatic heterocycles. The molecule has 0 spiro atoms. The molecule has 5 nitrogen and oxygen atoms in total. The summed E-state index contributed by atoms with van der Waals surface area (Å²) >= 11 is 3.30. The van der Waals surface area contributed by atoms with Crippen LogP contribution in [0.15, 0.2) is 53.0 Å². The van der Waals surface area contributed by atoms with Crippen LogP contribution in [0.5, 0.6) is 11.5 Å². The molecule has 25 heavy (non-hydrogen) atoms. The van der Waals surface area contributed by atoms with E-state index in [4.69, 9.17) is 14.2 Å². The average Bonchev–Trinajstić information content (AvgIpc) is 2.64. The third kappa shape index (κ3) is 4.70. The van der Waals surface area contributed by atoms with E-state index in [1.165, 1.54) is 6.08 Å². The molecule has 0 saturated heterocycles. The van der Waals surface area contributed by atoms with Crippen LogP contribution in [-0.4, -0.2) is 31.6 Å². The van der Waals surface area contributed by atoms with Crippen molar-refractivity contribution in [2.24, 2.45) is 0 Å². The number of benzene rings is 2. The van der Waals surface area contributed by atoms with Crippen molar-refractivity contribution >= 4 is 33.8 Å². The Labute approximate surface area is 153 Å². The summed E-state index contributed by atoms with van der Waals surface area (Å²) in [5.74, 6) is 0.484. The fourth-order valence-corrected chi connectivity index (χ4v) is 2.66. The van der Waals surface area contributed by atoms with Gasteiger partial charge in [-0.3, -0.25) is 4.79 Å². The smallest absolute Gasteiger partial charge is 0.331 e. The van der Waals surface area contributed by atoms with Gasteiger partial charge >= 0.3 is 5.97 Å². The number of ketones is 1. The van der Waals surface area contributed by atoms with Gasteiger partial charge in [0.05, 0.1) is 0 Å². The lowest BCUT2D eigenvalue weighted by atomic mass is 10.1. The summed E-state index contributed by atoms with van der Waals surface area (Å²) in [6.45, 7) is 0.723. The van der Waals surface area contributed by atoms with Gasteiger partial charge in [0.25, 0.3) is 0 Å². The molecule has 0 atom stereocenters. The minimum Gasteiger partial charge on any atom is -0.486 e. The maximum atomic E-state index is 12.0. The molecule has 0 amide bonds. The third-order valence-electron chi connectivity index (χ3n) is 3.47. The van der Waals surface area contributed by atoms with Gasteiger partial charge in [0.15, 0.2) is 23.9 Å². The molecule has 6 heteroatoms. The summed E-state index contributed by atoms with van der Waals surface area (Å²) in [5, 5.41) is 0. The number of halogens is 1. The van der Waals surface area contributed by atoms with Crippen LogP contribution in [0.25, 0.3) is 6.08 Å². The number of ether oxygens (including phenoxy) is 3. The van der Waals surface area contributed by atoms with Crippen molar-refractivity contribution < 1.29 is 23.8 Å². The van der Waals surface area contributed by atoms with Crippen LogP contribution in [0.2, 0.25) is 0 Å². The number of Topliss-reactive ketones (excluding diaryl/α,β-unsaturated/α-hetero) is 1. The van der Waals surface area contributed by atoms with Crippen LogP contribution in [0, 0.1) is 0 Å². The van der Waals surface area contributed by atoms with Crippen LogP contribution in [0.1, 0.15) is 15.9 Å². The maximum Gasteiger partial charge on any atom is 0.331 e. The van der Waals surface area contributed by atoms with Gasteiger partial charge in [-0.25, -0.2) is 4.79 Å². The zero-order valence-corrected chi connectivity index (χ0v) is 14.8. The van der Waals surface area contributed by atoms with Crippen molar-refractivity contribution in [3.63, 3.8) is 0 Å². The summed E-state index contributed by atoms with van der Waals surface area (Å²) in [6.07, 6.45) is 2.88. The highest BCUT2D eigenvalue weighted by Gasteiger charge is 2.11. The minimum atomic E-state index is -0.585. The first-order valence-corrected chi connectivity index (χ1v) is 8.44. The lowest BCUT2D eigenvalue weighted by Crippen LogP contribution is -2.15. The van der Waals surface area contributed by atoms with Crippen molar-refractivity contribution in [3.05, 3.63) is 64.1 Å². The van der Waals surface area contributed by atoms with Gasteiger partial charge in [-0.2, -0.15) is 0 Å². The average molecular weight is 403 g/mol. The van der Waals surface area contributed by atoms with Gasteiger partial charge in [-0.05, 0) is 35.9 Å². The lowest BCUT2D eigenvalue weighted by Gasteiger charge is -2.18. The molecule has 0 bridgehead atoms. The van der Waals surface area contributed by atoms with E-state index in [9.17, 15) is 9.59 Å². The fourth-order valence-electron chi connectivity index (χ4n) is 2.26. The molecule has 2 aromatic rings. The standard InChI is InChI=1S/C19H15BrO5/c20-15-3-1-2-14(11-15)16(21)12-25-19(22)7-5-13-4-6-17-18(10-13)24-9-8-23-17/h1-7,10-11H,8-9,12H2/b7-5+. The van der Waals surface area contributed by atoms with Crippen LogP contribution in [0.4, 0.5) is 0 Å². The SMILES string of the molecule is O=C(/C=C/c1ccc2c(c1)OCCO2)OCC(=O)c1cccc(Br)c1. The number of rotatable bonds is 5. The lowest BCUT2D eigenvalue weighted by molar-refractivity contribution is -0.136. The molecule has 0 aromatic heterocycles. The Morgan fingerprint density at radius 1 is 1.08 bits per heavy atom. The normalized spacial score (nSPS) is 12.8. The van der Waals surface area contributed by atoms with Crippen LogP contribution >= 0.6 is 15.9 Å². The third-order valence-corrected chi connectivity index (χ3v) is 3.96. The Bertz CT molecular complexity index is 828. The van der Waals surface area contributed by atoms with Crippen molar-refractivity contribution in [1.82, 2.24) is 0 Å². The van der Waals surface area contributed by atoms with Crippen LogP contribution in [-0.2, 0) is 9.53 Å². The monoisotopic (exact) mass is 402 g/mol. The molecule has 0 aliphatic carbocycles. The van der Waals surface area contributed by atoms with E-state index >= 15 is 0 Å². The minimum absolute atomic E-state index is 0.262. The maximum absolute atomic E-state index is 12.0. The quantitative estimate of drug-likeness (QED) is 0.433. The summed E-state index contributed by atoms with van der Waals surface area (Å²) in [7, 11) is 0. The summed E-state index contributed by atoms with van der Waals surface area (Å²) < 4.78 is 16.7. The zero-order chi connectivity index (χ0) is 17.6. The van der Waals surface area contributed by atoms with E-state index in [1.807, 2.05) is 12.1 Å². The summed E-state index contributed by atoms with van der Waals surface area (Å²) in [4.78, 5) is 23.8. The summed E-state index contributed by atoms with van der Waals surface area (Å²) in [5.41, 5.74) is 1.26. The van der Waals surface area contributed by atoms with Crippen LogP contribution in [0.3, 0.4) is 0 Å². The van der Waals surface area contributed by atoms with Gasteiger partial charge in [0.1, 0.15) is 13.2 Å². The highest BCUT2D eigenvalue weighted by Crippen LogP contribution is 2.31. The second-order valence-corrected chi connectivity index (χ2v) is 6.19. The van der Waals surface area contributed by atoms with Gasteiger partial charge in [-0.1, -0.05) is 34.1 Å². The topological polar surface area (TPSA) is 61.8 Å². The second kappa shape index (κ2) is 7.98. The number of esters is 1. The predicted octanol–water partition coefficient (Wildman–Crippen LogP) is 3.66. The summed E-state index contributed by atoms with van der Waals surface area (Å²) in [6, 6.07) is 12.3. The first-order chi connectivity index (χ1) is 12.1. The number of fused-ring (bicyclic) bond motifs is 1. The molecular weight excluding hydrogens is 388 g/mol. The van der Waals surface area contributed by atoms with Gasteiger partial charge < -0.3 is 14.2 Å². The zero-order valence-electron chi connectivity index (χ0n) is 13.2. The molecule has 0 N–H and O–H groups in total. The van der Waals surface area contributed by atoms with E-state index in [-0.39, 0.29) is 12.4 Å². The number of hydrogen-bond acceptors (Lipinski definition) is 5. The largest absolute Gasteiger partial charge is 0.486 e. The Hall–Kier alpha value is -2.60. The number of carbonyl (C=O) groups is 2. The molecule has 2 aromatic carbocycles. The highest BCUT2D eigenvalue weighted by molar-refractivity contribution is 9.10. The van der Waals surface area contributed by atoms with Gasteiger partial charge in [-0.15, -0.1) is 0 Å². The number of carbonyl (C=O) groups excluding carboxylic acids is 2. The van der Waals surface area contributed by atoms with E-state index in [0.717, 1.165) is 10.0 Å². The molecule has 1 aliphatic rings. The molecule has 0 fully saturated rings. The Balaban J connectivity index is 1.55. The number of hydrogen-bond donors (Lipinski definition) is 0. The van der Waals surface area contributed by atoms with Crippen molar-refractivity contribution in [3.8, 4) is 11.5 Å². The molecule has 1 heterocycles. The molecular formula is C19H15BrO5. The Kier molecular flexibility index (Phi) is 5.50. The molecule has 128 valence electrons. The second-order valence-electron chi connectivity index (χ2n) is 5.28. The van der Waals surface area contributed by atoms with Gasteiger partial charge in [0.2, 0.25) is 0 Å². The molecule has 0 saturated carbocycles.